The number of hydrogen-bond donors (Lipinski definition) is 1. The molecule has 176 valence electrons. The van der Waals surface area contributed by atoms with Crippen molar-refractivity contribution in [1.29, 1.82) is 0 Å². The van der Waals surface area contributed by atoms with E-state index < -0.39 is 11.7 Å². The summed E-state index contributed by atoms with van der Waals surface area (Å²) in [6, 6.07) is 15.9. The first-order valence-electron chi connectivity index (χ1n) is 10.8. The molecule has 8 heteroatoms. The smallest absolute Gasteiger partial charge is 0.416 e. The van der Waals surface area contributed by atoms with E-state index in [1.165, 1.54) is 6.07 Å². The van der Waals surface area contributed by atoms with Crippen molar-refractivity contribution in [3.05, 3.63) is 83.7 Å². The quantitative estimate of drug-likeness (QED) is 0.403. The van der Waals surface area contributed by atoms with Crippen molar-refractivity contribution < 1.29 is 22.7 Å². The van der Waals surface area contributed by atoms with Gasteiger partial charge in [-0.3, -0.25) is 0 Å². The fraction of sp³-hybridized carbons (Fsp3) is 0.320. The number of rotatable bonds is 9. The highest BCUT2D eigenvalue weighted by atomic mass is 19.4. The maximum absolute atomic E-state index is 13.1. The number of nitrogens with one attached hydrogen (secondary N) is 1. The molecule has 5 nitrogen and oxygen atoms in total. The molecule has 0 saturated carbocycles. The van der Waals surface area contributed by atoms with Crippen LogP contribution in [0.15, 0.2) is 66.9 Å². The van der Waals surface area contributed by atoms with Crippen LogP contribution < -0.4 is 10.1 Å². The molecule has 33 heavy (non-hydrogen) atoms. The maximum atomic E-state index is 13.1. The van der Waals surface area contributed by atoms with E-state index in [1.807, 2.05) is 42.0 Å². The van der Waals surface area contributed by atoms with Gasteiger partial charge < -0.3 is 19.5 Å². The Hall–Kier alpha value is -3.42. The molecule has 1 aromatic heterocycles. The molecule has 0 spiro atoms. The number of aromatic nitrogens is 1. The number of alkyl halides is 3. The Morgan fingerprint density at radius 1 is 1.09 bits per heavy atom. The number of carbonyl (C=O) groups excluding carboxylic acids is 1. The van der Waals surface area contributed by atoms with Gasteiger partial charge in [0.15, 0.2) is 0 Å². The molecule has 2 amide bonds. The van der Waals surface area contributed by atoms with E-state index in [1.54, 1.807) is 30.2 Å². The lowest BCUT2D eigenvalue weighted by Crippen LogP contribution is -2.36. The van der Waals surface area contributed by atoms with Crippen LogP contribution in [0.2, 0.25) is 0 Å². The van der Waals surface area contributed by atoms with Gasteiger partial charge in [-0.15, -0.1) is 0 Å². The number of unbranched alkanes of at least 4 members (excludes halogenated alkanes) is 1. The van der Waals surface area contributed by atoms with Crippen LogP contribution in [0.3, 0.4) is 0 Å². The number of para-hydroxylation sites is 2. The van der Waals surface area contributed by atoms with E-state index in [0.717, 1.165) is 30.7 Å². The van der Waals surface area contributed by atoms with Crippen molar-refractivity contribution in [2.45, 2.75) is 39.0 Å². The van der Waals surface area contributed by atoms with Gasteiger partial charge in [0.05, 0.1) is 24.9 Å². The molecule has 1 N–H and O–H groups in total. The van der Waals surface area contributed by atoms with Crippen molar-refractivity contribution >= 4 is 11.7 Å². The summed E-state index contributed by atoms with van der Waals surface area (Å²) in [6.45, 7) is 3.20. The van der Waals surface area contributed by atoms with Gasteiger partial charge in [0, 0.05) is 25.0 Å². The van der Waals surface area contributed by atoms with E-state index in [-0.39, 0.29) is 12.6 Å². The monoisotopic (exact) mass is 459 g/mol. The third-order valence-electron chi connectivity index (χ3n) is 5.30. The summed E-state index contributed by atoms with van der Waals surface area (Å²) in [5, 5.41) is 2.90. The Labute approximate surface area is 191 Å². The van der Waals surface area contributed by atoms with Gasteiger partial charge in [-0.2, -0.15) is 13.2 Å². The van der Waals surface area contributed by atoms with Crippen LogP contribution >= 0.6 is 0 Å². The lowest BCUT2D eigenvalue weighted by atomic mass is 10.1. The summed E-state index contributed by atoms with van der Waals surface area (Å²) in [7, 11) is 1.54. The minimum atomic E-state index is -4.39. The van der Waals surface area contributed by atoms with Gasteiger partial charge in [-0.1, -0.05) is 37.6 Å². The second-order valence-corrected chi connectivity index (χ2v) is 7.73. The number of anilines is 1. The lowest BCUT2D eigenvalue weighted by molar-refractivity contribution is -0.137. The van der Waals surface area contributed by atoms with Crippen LogP contribution in [0.5, 0.6) is 5.75 Å². The van der Waals surface area contributed by atoms with Gasteiger partial charge in [0.2, 0.25) is 0 Å². The summed E-state index contributed by atoms with van der Waals surface area (Å²) < 4.78 is 46.4. The zero-order valence-electron chi connectivity index (χ0n) is 18.7. The molecule has 0 aliphatic heterocycles. The molecule has 0 radical (unpaired) electrons. The minimum Gasteiger partial charge on any atom is -0.495 e. The number of amides is 2. The Kier molecular flexibility index (Phi) is 8.03. The largest absolute Gasteiger partial charge is 0.495 e. The van der Waals surface area contributed by atoms with Gasteiger partial charge in [0.1, 0.15) is 5.75 Å². The summed E-state index contributed by atoms with van der Waals surface area (Å²) in [6.07, 6.45) is -0.827. The molecule has 0 aliphatic carbocycles. The molecule has 2 aromatic carbocycles. The highest BCUT2D eigenvalue weighted by Gasteiger charge is 2.30. The predicted molar refractivity (Wildman–Crippen MR) is 122 cm³/mol. The van der Waals surface area contributed by atoms with Gasteiger partial charge >= 0.3 is 12.2 Å². The van der Waals surface area contributed by atoms with Crippen LogP contribution in [0.1, 0.15) is 36.6 Å². The number of hydrogen-bond acceptors (Lipinski definition) is 2. The highest BCUT2D eigenvalue weighted by molar-refractivity contribution is 5.90. The average molecular weight is 460 g/mol. The Balaban J connectivity index is 1.77. The van der Waals surface area contributed by atoms with Crippen molar-refractivity contribution in [3.63, 3.8) is 0 Å². The van der Waals surface area contributed by atoms with E-state index in [4.69, 9.17) is 4.74 Å². The molecular weight excluding hydrogens is 431 g/mol. The number of urea groups is 1. The van der Waals surface area contributed by atoms with Gasteiger partial charge in [-0.05, 0) is 48.4 Å². The predicted octanol–water partition coefficient (Wildman–Crippen LogP) is 6.40. The first kappa shape index (κ1) is 24.2. The molecule has 0 bridgehead atoms. The van der Waals surface area contributed by atoms with E-state index in [9.17, 15) is 18.0 Å². The topological polar surface area (TPSA) is 46.5 Å². The zero-order valence-corrected chi connectivity index (χ0v) is 18.7. The first-order chi connectivity index (χ1) is 15.8. The molecule has 0 aliphatic rings. The fourth-order valence-corrected chi connectivity index (χ4v) is 3.53. The normalized spacial score (nSPS) is 11.3. The molecule has 1 heterocycles. The molecular formula is C25H28F3N3O2. The summed E-state index contributed by atoms with van der Waals surface area (Å²) in [5.41, 5.74) is 1.28. The minimum absolute atomic E-state index is 0.264. The van der Waals surface area contributed by atoms with E-state index in [2.05, 4.69) is 5.32 Å². The Bertz CT molecular complexity index is 1060. The second kappa shape index (κ2) is 10.9. The van der Waals surface area contributed by atoms with Gasteiger partial charge in [-0.25, -0.2) is 4.79 Å². The molecule has 0 fully saturated rings. The summed E-state index contributed by atoms with van der Waals surface area (Å²) >= 11 is 0. The van der Waals surface area contributed by atoms with Crippen LogP contribution in [0.4, 0.5) is 23.7 Å². The molecule has 3 aromatic rings. The summed E-state index contributed by atoms with van der Waals surface area (Å²) in [4.78, 5) is 14.8. The Morgan fingerprint density at radius 3 is 2.61 bits per heavy atom. The van der Waals surface area contributed by atoms with Crippen molar-refractivity contribution in [2.24, 2.45) is 0 Å². The standard InChI is InChI=1S/C25H28F3N3O2/c1-3-4-14-31(24(32)29-22-12-5-6-13-23(22)33-2)18-21-11-8-15-30(21)17-19-9-7-10-20(16-19)25(26,27)28/h5-13,15-16H,3-4,14,17-18H2,1-2H3,(H,29,32). The van der Waals surface area contributed by atoms with Crippen LogP contribution in [-0.4, -0.2) is 29.2 Å². The fourth-order valence-electron chi connectivity index (χ4n) is 3.53. The van der Waals surface area contributed by atoms with Crippen molar-refractivity contribution in [1.82, 2.24) is 9.47 Å². The first-order valence-corrected chi connectivity index (χ1v) is 10.8. The number of benzene rings is 2. The van der Waals surface area contributed by atoms with Crippen LogP contribution in [-0.2, 0) is 19.3 Å². The highest BCUT2D eigenvalue weighted by Crippen LogP contribution is 2.30. The number of halogens is 3. The summed E-state index contributed by atoms with van der Waals surface area (Å²) in [5.74, 6) is 0.564. The van der Waals surface area contributed by atoms with Crippen LogP contribution in [0, 0.1) is 0 Å². The van der Waals surface area contributed by atoms with Gasteiger partial charge in [0.25, 0.3) is 0 Å². The van der Waals surface area contributed by atoms with Crippen molar-refractivity contribution in [2.75, 3.05) is 19.0 Å². The molecule has 0 unspecified atom stereocenters. The SMILES string of the molecule is CCCCN(Cc1cccn1Cc1cccc(C(F)(F)F)c1)C(=O)Nc1ccccc1OC. The number of nitrogens with zero attached hydrogens (tertiary/aromatic N) is 2. The number of ether oxygens (including phenoxy) is 1. The third kappa shape index (κ3) is 6.54. The maximum Gasteiger partial charge on any atom is 0.416 e. The molecule has 0 atom stereocenters. The van der Waals surface area contributed by atoms with Crippen molar-refractivity contribution in [3.8, 4) is 5.75 Å². The third-order valence-corrected chi connectivity index (χ3v) is 5.30. The molecule has 0 saturated heterocycles. The Morgan fingerprint density at radius 2 is 1.88 bits per heavy atom. The average Bonchev–Trinajstić information content (AvgIpc) is 3.23. The zero-order chi connectivity index (χ0) is 23.8. The van der Waals surface area contributed by atoms with Crippen LogP contribution in [0.25, 0.3) is 0 Å². The van der Waals surface area contributed by atoms with E-state index in [0.29, 0.717) is 30.1 Å². The molecule has 3 rings (SSSR count). The number of methoxy groups -OCH3 is 1. The van der Waals surface area contributed by atoms with E-state index >= 15 is 0 Å². The second-order valence-electron chi connectivity index (χ2n) is 7.73. The lowest BCUT2D eigenvalue weighted by Gasteiger charge is -2.24. The number of carbonyl (C=O) groups is 1.